The molecule has 0 spiro atoms. The predicted octanol–water partition coefficient (Wildman–Crippen LogP) is 2.12. The first-order valence-electron chi connectivity index (χ1n) is 9.41. The minimum absolute atomic E-state index is 0.0160. The Kier molecular flexibility index (Phi) is 5.50. The van der Waals surface area contributed by atoms with Crippen LogP contribution in [0.2, 0.25) is 5.02 Å². The van der Waals surface area contributed by atoms with E-state index in [-0.39, 0.29) is 12.5 Å². The Morgan fingerprint density at radius 3 is 2.89 bits per heavy atom. The zero-order valence-corrected chi connectivity index (χ0v) is 16.2. The van der Waals surface area contributed by atoms with Crippen LogP contribution in [-0.4, -0.2) is 46.7 Å². The molecule has 1 atom stereocenters. The van der Waals surface area contributed by atoms with Crippen molar-refractivity contribution in [1.82, 2.24) is 9.78 Å². The van der Waals surface area contributed by atoms with Crippen LogP contribution in [0.4, 0.5) is 5.82 Å². The lowest BCUT2D eigenvalue weighted by Gasteiger charge is -2.35. The molecule has 2 aromatic rings. The van der Waals surface area contributed by atoms with E-state index >= 15 is 0 Å². The first-order chi connectivity index (χ1) is 13.6. The van der Waals surface area contributed by atoms with Gasteiger partial charge in [0.05, 0.1) is 36.7 Å². The SMILES string of the molecule is O=C(O)CC1COCCN1c1nn(-c2ccc(Cl)cc2)c2/c1=C\C=C/CC\C=2. The number of carboxylic acids is 1. The maximum atomic E-state index is 11.3. The van der Waals surface area contributed by atoms with E-state index in [9.17, 15) is 9.90 Å². The Bertz CT molecular complexity index is 1010. The van der Waals surface area contributed by atoms with Crippen molar-refractivity contribution in [3.63, 3.8) is 0 Å². The lowest BCUT2D eigenvalue weighted by molar-refractivity contribution is -0.138. The minimum Gasteiger partial charge on any atom is -0.481 e. The maximum Gasteiger partial charge on any atom is 0.305 e. The number of rotatable bonds is 4. The number of nitrogens with zero attached hydrogens (tertiary/aromatic N) is 3. The fourth-order valence-electron chi connectivity index (χ4n) is 3.66. The summed E-state index contributed by atoms with van der Waals surface area (Å²) in [5.41, 5.74) is 0.921. The van der Waals surface area contributed by atoms with Gasteiger partial charge in [-0.3, -0.25) is 4.79 Å². The van der Waals surface area contributed by atoms with Crippen LogP contribution in [0.25, 0.3) is 17.8 Å². The van der Waals surface area contributed by atoms with Crippen molar-refractivity contribution < 1.29 is 14.6 Å². The molecular weight excluding hydrogens is 378 g/mol. The normalized spacial score (nSPS) is 22.8. The Morgan fingerprint density at radius 2 is 2.11 bits per heavy atom. The number of morpholine rings is 1. The van der Waals surface area contributed by atoms with E-state index in [4.69, 9.17) is 21.4 Å². The third kappa shape index (κ3) is 3.84. The van der Waals surface area contributed by atoms with Gasteiger partial charge < -0.3 is 14.7 Å². The number of allylic oxidation sites excluding steroid dienone is 2. The molecular formula is C21H22ClN3O3. The molecule has 1 saturated heterocycles. The third-order valence-corrected chi connectivity index (χ3v) is 5.24. The molecule has 6 nitrogen and oxygen atoms in total. The summed E-state index contributed by atoms with van der Waals surface area (Å²) in [4.78, 5) is 13.4. The van der Waals surface area contributed by atoms with Gasteiger partial charge in [-0.05, 0) is 43.2 Å². The van der Waals surface area contributed by atoms with Crippen LogP contribution in [-0.2, 0) is 9.53 Å². The van der Waals surface area contributed by atoms with Crippen molar-refractivity contribution in [3.05, 3.63) is 52.0 Å². The quantitative estimate of drug-likeness (QED) is 0.853. The zero-order valence-electron chi connectivity index (χ0n) is 15.4. The monoisotopic (exact) mass is 399 g/mol. The van der Waals surface area contributed by atoms with Crippen molar-refractivity contribution in [3.8, 4) is 5.69 Å². The summed E-state index contributed by atoms with van der Waals surface area (Å²) in [5.74, 6) is -0.0433. The van der Waals surface area contributed by atoms with Crippen LogP contribution in [0.15, 0.2) is 36.4 Å². The highest BCUT2D eigenvalue weighted by atomic mass is 35.5. The predicted molar refractivity (Wildman–Crippen MR) is 109 cm³/mol. The molecule has 1 aromatic carbocycles. The molecule has 0 amide bonds. The highest BCUT2D eigenvalue weighted by Gasteiger charge is 2.28. The van der Waals surface area contributed by atoms with Crippen LogP contribution in [0, 0.1) is 0 Å². The third-order valence-electron chi connectivity index (χ3n) is 4.99. The van der Waals surface area contributed by atoms with Crippen LogP contribution in [0.3, 0.4) is 0 Å². The first-order valence-corrected chi connectivity index (χ1v) is 9.79. The molecule has 0 radical (unpaired) electrons. The fraction of sp³-hybridized carbons (Fsp3) is 0.333. The number of benzene rings is 1. The van der Waals surface area contributed by atoms with E-state index in [1.807, 2.05) is 28.9 Å². The Morgan fingerprint density at radius 1 is 1.29 bits per heavy atom. The number of hydrogen-bond acceptors (Lipinski definition) is 4. The summed E-state index contributed by atoms with van der Waals surface area (Å²) in [6.45, 7) is 1.55. The molecule has 1 aromatic heterocycles. The molecule has 4 rings (SSSR count). The lowest BCUT2D eigenvalue weighted by Crippen LogP contribution is -2.49. The maximum absolute atomic E-state index is 11.3. The summed E-state index contributed by atoms with van der Waals surface area (Å²) in [7, 11) is 0. The molecule has 0 saturated carbocycles. The Labute approximate surface area is 168 Å². The lowest BCUT2D eigenvalue weighted by atomic mass is 10.1. The molecule has 0 bridgehead atoms. The molecule has 1 aliphatic carbocycles. The average molecular weight is 400 g/mol. The highest BCUT2D eigenvalue weighted by Crippen LogP contribution is 2.18. The van der Waals surface area contributed by atoms with Crippen molar-refractivity contribution in [2.45, 2.75) is 25.3 Å². The summed E-state index contributed by atoms with van der Waals surface area (Å²) in [6, 6.07) is 7.33. The van der Waals surface area contributed by atoms with Gasteiger partial charge >= 0.3 is 5.97 Å². The van der Waals surface area contributed by atoms with E-state index in [1.165, 1.54) is 0 Å². The van der Waals surface area contributed by atoms with Gasteiger partial charge in [0.2, 0.25) is 0 Å². The number of halogens is 1. The molecule has 146 valence electrons. The number of carboxylic acid groups (broad SMARTS) is 1. The van der Waals surface area contributed by atoms with Gasteiger partial charge in [-0.25, -0.2) is 4.68 Å². The number of ether oxygens (including phenoxy) is 1. The number of aromatic nitrogens is 2. The van der Waals surface area contributed by atoms with Crippen LogP contribution in [0.5, 0.6) is 0 Å². The number of aliphatic carboxylic acids is 1. The molecule has 1 aliphatic heterocycles. The summed E-state index contributed by atoms with van der Waals surface area (Å²) in [5, 5.41) is 16.9. The second-order valence-electron chi connectivity index (χ2n) is 6.91. The van der Waals surface area contributed by atoms with Crippen LogP contribution >= 0.6 is 11.6 Å². The largest absolute Gasteiger partial charge is 0.481 e. The van der Waals surface area contributed by atoms with E-state index in [2.05, 4.69) is 29.2 Å². The second-order valence-corrected chi connectivity index (χ2v) is 7.34. The number of fused-ring (bicyclic) bond motifs is 1. The summed E-state index contributed by atoms with van der Waals surface area (Å²) >= 11 is 6.05. The number of carbonyl (C=O) groups is 1. The average Bonchev–Trinajstić information content (AvgIpc) is 2.99. The zero-order chi connectivity index (χ0) is 19.5. The topological polar surface area (TPSA) is 67.6 Å². The van der Waals surface area contributed by atoms with Gasteiger partial charge in [0, 0.05) is 16.8 Å². The van der Waals surface area contributed by atoms with Crippen molar-refractivity contribution in [1.29, 1.82) is 0 Å². The number of anilines is 1. The first kappa shape index (κ1) is 18.8. The van der Waals surface area contributed by atoms with Crippen molar-refractivity contribution in [2.24, 2.45) is 0 Å². The van der Waals surface area contributed by atoms with E-state index < -0.39 is 5.97 Å². The smallest absolute Gasteiger partial charge is 0.305 e. The summed E-state index contributed by atoms with van der Waals surface area (Å²) < 4.78 is 7.46. The van der Waals surface area contributed by atoms with Crippen LogP contribution < -0.4 is 15.5 Å². The van der Waals surface area contributed by atoms with Crippen LogP contribution in [0.1, 0.15) is 19.3 Å². The fourth-order valence-corrected chi connectivity index (χ4v) is 3.79. The van der Waals surface area contributed by atoms with Gasteiger partial charge in [0.1, 0.15) is 0 Å². The van der Waals surface area contributed by atoms with Gasteiger partial charge in [0.25, 0.3) is 0 Å². The minimum atomic E-state index is -0.837. The van der Waals surface area contributed by atoms with Gasteiger partial charge in [0.15, 0.2) is 5.82 Å². The van der Waals surface area contributed by atoms with Gasteiger partial charge in [-0.15, -0.1) is 5.10 Å². The molecule has 7 heteroatoms. The molecule has 1 fully saturated rings. The number of hydrogen-bond donors (Lipinski definition) is 1. The van der Waals surface area contributed by atoms with Gasteiger partial charge in [-0.2, -0.15) is 0 Å². The van der Waals surface area contributed by atoms with Crippen molar-refractivity contribution in [2.75, 3.05) is 24.7 Å². The summed E-state index contributed by atoms with van der Waals surface area (Å²) in [6.07, 6.45) is 10.3. The standard InChI is InChI=1S/C21H22ClN3O3/c22-15-7-9-16(10-8-15)25-19-6-4-2-1-3-5-18(19)21(23-25)24-11-12-28-14-17(24)13-20(26)27/h1,3,5-10,17H,2,4,11-14H2,(H,26,27)/b3-1-,18-5+,19-6+. The van der Waals surface area contributed by atoms with E-state index in [0.717, 1.165) is 34.9 Å². The Hall–Kier alpha value is -2.57. The van der Waals surface area contributed by atoms with Crippen molar-refractivity contribution >= 4 is 35.5 Å². The van der Waals surface area contributed by atoms with Gasteiger partial charge in [-0.1, -0.05) is 29.8 Å². The molecule has 2 aliphatic rings. The van der Waals surface area contributed by atoms with E-state index in [1.54, 1.807) is 0 Å². The second kappa shape index (κ2) is 8.20. The highest BCUT2D eigenvalue weighted by molar-refractivity contribution is 6.30. The molecule has 28 heavy (non-hydrogen) atoms. The molecule has 1 N–H and O–H groups in total. The molecule has 1 unspecified atom stereocenters. The Balaban J connectivity index is 1.88. The molecule has 2 heterocycles. The van der Waals surface area contributed by atoms with E-state index in [0.29, 0.717) is 24.8 Å².